The number of aliphatic hydroxyl groups is 1. The van der Waals surface area contributed by atoms with Crippen LogP contribution < -0.4 is 4.74 Å². The standard InChI is InChI=1S/C14H20N2O.C2H4O3.C2H6O2.Y/c1-15(2)8-7-11-10-16(3)14-9-12(17-4)5-6-13(11)14;3-1-5-2-4;1-2-4-3;/h5-6,9-10H,7-8H2,1-4H3;1,4H,2H2;3H,2H2,1H3;. The van der Waals surface area contributed by atoms with Crippen LogP contribution in [0, 0.1) is 0 Å². The second-order valence-electron chi connectivity index (χ2n) is 5.51. The zero-order valence-electron chi connectivity index (χ0n) is 16.7. The topological polar surface area (TPSA) is 93.4 Å². The van der Waals surface area contributed by atoms with Gasteiger partial charge in [-0.1, -0.05) is 0 Å². The van der Waals surface area contributed by atoms with Crippen LogP contribution in [0.2, 0.25) is 0 Å². The molecular weight excluding hydrogens is 429 g/mol. The molecule has 2 aromatic rings. The van der Waals surface area contributed by atoms with Crippen molar-refractivity contribution >= 4 is 17.4 Å². The second kappa shape index (κ2) is 17.1. The van der Waals surface area contributed by atoms with E-state index in [4.69, 9.17) is 19.9 Å². The first-order valence-corrected chi connectivity index (χ1v) is 8.14. The number of aliphatic hydroxyl groups excluding tert-OH is 1. The van der Waals surface area contributed by atoms with Crippen LogP contribution in [0.25, 0.3) is 10.9 Å². The quantitative estimate of drug-likeness (QED) is 0.283. The van der Waals surface area contributed by atoms with Gasteiger partial charge in [-0.15, -0.1) is 0 Å². The number of likely N-dealkylation sites (N-methyl/N-ethyl adjacent to an activating group) is 1. The second-order valence-corrected chi connectivity index (χ2v) is 5.51. The van der Waals surface area contributed by atoms with Crippen LogP contribution in [0.3, 0.4) is 0 Å². The van der Waals surface area contributed by atoms with Crippen molar-refractivity contribution in [2.45, 2.75) is 13.3 Å². The van der Waals surface area contributed by atoms with Gasteiger partial charge in [-0.25, -0.2) is 4.89 Å². The van der Waals surface area contributed by atoms with Crippen molar-refractivity contribution in [2.24, 2.45) is 7.05 Å². The molecule has 2 N–H and O–H groups in total. The largest absolute Gasteiger partial charge is 0.497 e. The average molecular weight is 459 g/mol. The summed E-state index contributed by atoms with van der Waals surface area (Å²) in [6.07, 6.45) is 3.30. The van der Waals surface area contributed by atoms with Gasteiger partial charge in [-0.2, -0.15) is 0 Å². The Balaban J connectivity index is 0. The average Bonchev–Trinajstić information content (AvgIpc) is 2.96. The van der Waals surface area contributed by atoms with Gasteiger partial charge in [0.2, 0.25) is 0 Å². The van der Waals surface area contributed by atoms with E-state index in [1.54, 1.807) is 14.0 Å². The molecule has 2 rings (SSSR count). The number of aryl methyl sites for hydroxylation is 1. The van der Waals surface area contributed by atoms with E-state index in [9.17, 15) is 0 Å². The maximum absolute atomic E-state index is 9.02. The third kappa shape index (κ3) is 11.4. The number of carbonyl (C=O) groups excluding carboxylic acids is 1. The molecule has 0 aliphatic heterocycles. The van der Waals surface area contributed by atoms with Crippen LogP contribution in [0.4, 0.5) is 0 Å². The molecule has 1 aromatic carbocycles. The van der Waals surface area contributed by atoms with Gasteiger partial charge in [0.15, 0.2) is 6.79 Å². The van der Waals surface area contributed by atoms with Gasteiger partial charge < -0.3 is 24.0 Å². The number of hydrogen-bond donors (Lipinski definition) is 2. The van der Waals surface area contributed by atoms with E-state index in [-0.39, 0.29) is 39.2 Å². The molecule has 0 spiro atoms. The molecule has 8 nitrogen and oxygen atoms in total. The monoisotopic (exact) mass is 459 g/mol. The third-order valence-electron chi connectivity index (χ3n) is 3.38. The van der Waals surface area contributed by atoms with Crippen LogP contribution in [0.1, 0.15) is 12.5 Å². The van der Waals surface area contributed by atoms with Crippen LogP contribution in [0.15, 0.2) is 24.4 Å². The number of ether oxygens (including phenoxy) is 2. The van der Waals surface area contributed by atoms with Crippen molar-refractivity contribution in [1.82, 2.24) is 9.47 Å². The fraction of sp³-hybridized carbons (Fsp3) is 0.500. The first kappa shape index (κ1) is 28.2. The van der Waals surface area contributed by atoms with Gasteiger partial charge >= 0.3 is 0 Å². The number of rotatable bonds is 7. The number of aromatic nitrogens is 1. The van der Waals surface area contributed by atoms with Crippen molar-refractivity contribution in [3.05, 3.63) is 30.0 Å². The van der Waals surface area contributed by atoms with Crippen molar-refractivity contribution in [3.8, 4) is 5.75 Å². The zero-order valence-corrected chi connectivity index (χ0v) is 19.6. The molecule has 27 heavy (non-hydrogen) atoms. The smallest absolute Gasteiger partial charge is 0.295 e. The third-order valence-corrected chi connectivity index (χ3v) is 3.38. The number of hydrogen-bond acceptors (Lipinski definition) is 7. The van der Waals surface area contributed by atoms with Crippen LogP contribution in [0.5, 0.6) is 5.75 Å². The molecule has 1 aromatic heterocycles. The molecule has 0 amide bonds. The predicted molar refractivity (Wildman–Crippen MR) is 100 cm³/mol. The molecule has 0 saturated carbocycles. The van der Waals surface area contributed by atoms with Crippen molar-refractivity contribution in [3.63, 3.8) is 0 Å². The molecule has 0 aliphatic rings. The Kier molecular flexibility index (Phi) is 17.8. The van der Waals surface area contributed by atoms with E-state index in [1.807, 2.05) is 6.07 Å². The first-order chi connectivity index (χ1) is 12.4. The van der Waals surface area contributed by atoms with E-state index in [1.165, 1.54) is 16.5 Å². The molecule has 151 valence electrons. The molecule has 0 bridgehead atoms. The van der Waals surface area contributed by atoms with Crippen LogP contribution >= 0.6 is 0 Å². The van der Waals surface area contributed by atoms with Gasteiger partial charge in [-0.05, 0) is 45.1 Å². The predicted octanol–water partition coefficient (Wildman–Crippen LogP) is 1.89. The van der Waals surface area contributed by atoms with E-state index >= 15 is 0 Å². The Morgan fingerprint density at radius 3 is 2.33 bits per heavy atom. The summed E-state index contributed by atoms with van der Waals surface area (Å²) in [6, 6.07) is 6.27. The van der Waals surface area contributed by atoms with Gasteiger partial charge in [0.1, 0.15) is 5.75 Å². The molecule has 0 aliphatic carbocycles. The van der Waals surface area contributed by atoms with Crippen molar-refractivity contribution in [2.75, 3.05) is 41.1 Å². The van der Waals surface area contributed by atoms with E-state index in [0.717, 1.165) is 18.7 Å². The zero-order chi connectivity index (χ0) is 19.9. The summed E-state index contributed by atoms with van der Waals surface area (Å²) < 4.78 is 11.1. The number of benzene rings is 1. The summed E-state index contributed by atoms with van der Waals surface area (Å²) in [7, 11) is 8.00. The summed E-state index contributed by atoms with van der Waals surface area (Å²) in [5, 5.41) is 16.3. The van der Waals surface area contributed by atoms with Gasteiger partial charge in [0.05, 0.1) is 19.2 Å². The summed E-state index contributed by atoms with van der Waals surface area (Å²) in [4.78, 5) is 14.8. The minimum Gasteiger partial charge on any atom is -0.497 e. The summed E-state index contributed by atoms with van der Waals surface area (Å²) in [5.41, 5.74) is 2.64. The van der Waals surface area contributed by atoms with Gasteiger partial charge in [0, 0.05) is 64.0 Å². The summed E-state index contributed by atoms with van der Waals surface area (Å²) in [6.45, 7) is 2.81. The Labute approximate surface area is 185 Å². The van der Waals surface area contributed by atoms with Crippen LogP contribution in [-0.2, 0) is 60.6 Å². The summed E-state index contributed by atoms with van der Waals surface area (Å²) >= 11 is 0. The van der Waals surface area contributed by atoms with E-state index in [0.29, 0.717) is 6.61 Å². The SMILES string of the molecule is CCOO.COc1ccc2c(CCN(C)C)cn(C)c2c1.O=COCO.[Y]. The van der Waals surface area contributed by atoms with Gasteiger partial charge in [-0.3, -0.25) is 10.1 Å². The van der Waals surface area contributed by atoms with E-state index in [2.05, 4.69) is 58.6 Å². The van der Waals surface area contributed by atoms with Gasteiger partial charge in [0.25, 0.3) is 6.47 Å². The Morgan fingerprint density at radius 2 is 1.93 bits per heavy atom. The molecule has 0 fully saturated rings. The van der Waals surface area contributed by atoms with Crippen molar-refractivity contribution < 1.29 is 62.2 Å². The number of carbonyl (C=O) groups is 1. The van der Waals surface area contributed by atoms with Crippen LogP contribution in [-0.4, -0.2) is 67.5 Å². The molecular formula is C18H30N2O6Y. The maximum Gasteiger partial charge on any atom is 0.295 e. The Morgan fingerprint density at radius 1 is 1.30 bits per heavy atom. The van der Waals surface area contributed by atoms with Crippen molar-refractivity contribution in [1.29, 1.82) is 0 Å². The molecule has 0 atom stereocenters. The molecule has 0 saturated heterocycles. The Bertz CT molecular complexity index is 632. The maximum atomic E-state index is 9.02. The fourth-order valence-corrected chi connectivity index (χ4v) is 2.15. The normalized spacial score (nSPS) is 9.48. The minimum atomic E-state index is -0.524. The molecule has 9 heteroatoms. The summed E-state index contributed by atoms with van der Waals surface area (Å²) in [5.74, 6) is 0.915. The first-order valence-electron chi connectivity index (χ1n) is 8.14. The fourth-order valence-electron chi connectivity index (χ4n) is 2.15. The Hall–Kier alpha value is -1.03. The minimum absolute atomic E-state index is 0. The molecule has 0 unspecified atom stereocenters. The molecule has 1 radical (unpaired) electrons. The number of nitrogens with zero attached hydrogens (tertiary/aromatic N) is 2. The number of fused-ring (bicyclic) bond motifs is 1. The number of methoxy groups -OCH3 is 1. The molecule has 1 heterocycles. The van der Waals surface area contributed by atoms with E-state index < -0.39 is 6.79 Å².